The van der Waals surface area contributed by atoms with E-state index in [0.717, 1.165) is 74.7 Å². The van der Waals surface area contributed by atoms with Crippen molar-refractivity contribution >= 4 is 29.0 Å². The first-order chi connectivity index (χ1) is 15.5. The third kappa shape index (κ3) is 3.79. The van der Waals surface area contributed by atoms with Gasteiger partial charge in [-0.25, -0.2) is 4.98 Å². The Kier molecular flexibility index (Phi) is 5.46. The predicted molar refractivity (Wildman–Crippen MR) is 125 cm³/mol. The number of anilines is 3. The van der Waals surface area contributed by atoms with Crippen LogP contribution in [0.3, 0.4) is 0 Å². The standard InChI is InChI=1S/C24H30N6O2/c1-16-12-18(23(31)25-2)5-6-20(16)29-10-8-28(9-11-29)15-17-13-19-22(26-14-17)30-7-3-4-21(30)24(32)27-19/h5-6,12-14,21H,3-4,7-11,15H2,1-2H3,(H,25,31)(H,27,32)/t21-/m0/s1. The average molecular weight is 435 g/mol. The molecule has 3 aliphatic rings. The van der Waals surface area contributed by atoms with E-state index in [4.69, 9.17) is 4.98 Å². The molecule has 0 unspecified atom stereocenters. The van der Waals surface area contributed by atoms with Crippen molar-refractivity contribution in [1.29, 1.82) is 0 Å². The van der Waals surface area contributed by atoms with Gasteiger partial charge in [0.2, 0.25) is 5.91 Å². The van der Waals surface area contributed by atoms with Crippen molar-refractivity contribution < 1.29 is 9.59 Å². The van der Waals surface area contributed by atoms with Crippen molar-refractivity contribution in [1.82, 2.24) is 15.2 Å². The summed E-state index contributed by atoms with van der Waals surface area (Å²) in [5, 5.41) is 5.74. The second kappa shape index (κ2) is 8.43. The minimum atomic E-state index is -0.0560. The molecular weight excluding hydrogens is 404 g/mol. The van der Waals surface area contributed by atoms with Crippen LogP contribution in [0.5, 0.6) is 0 Å². The highest BCUT2D eigenvalue weighted by molar-refractivity contribution is 6.03. The van der Waals surface area contributed by atoms with Gasteiger partial charge in [-0.1, -0.05) is 0 Å². The molecule has 1 aromatic carbocycles. The maximum atomic E-state index is 12.4. The Balaban J connectivity index is 1.22. The maximum absolute atomic E-state index is 12.4. The van der Waals surface area contributed by atoms with Gasteiger partial charge >= 0.3 is 0 Å². The second-order valence-electron chi connectivity index (χ2n) is 8.90. The van der Waals surface area contributed by atoms with Crippen LogP contribution in [-0.2, 0) is 11.3 Å². The number of hydrogen-bond acceptors (Lipinski definition) is 6. The van der Waals surface area contributed by atoms with E-state index in [1.165, 1.54) is 5.69 Å². The first-order valence-electron chi connectivity index (χ1n) is 11.4. The molecule has 8 nitrogen and oxygen atoms in total. The molecule has 0 spiro atoms. The number of carbonyl (C=O) groups is 2. The van der Waals surface area contributed by atoms with E-state index < -0.39 is 0 Å². The topological polar surface area (TPSA) is 80.8 Å². The van der Waals surface area contributed by atoms with Gasteiger partial charge in [0.15, 0.2) is 5.82 Å². The number of benzene rings is 1. The Morgan fingerprint density at radius 3 is 2.75 bits per heavy atom. The lowest BCUT2D eigenvalue weighted by Crippen LogP contribution is -2.46. The highest BCUT2D eigenvalue weighted by atomic mass is 16.2. The van der Waals surface area contributed by atoms with Crippen LogP contribution in [0.25, 0.3) is 0 Å². The molecule has 1 atom stereocenters. The number of pyridine rings is 1. The number of rotatable bonds is 4. The third-order valence-corrected chi connectivity index (χ3v) is 6.81. The van der Waals surface area contributed by atoms with Gasteiger partial charge in [0.1, 0.15) is 6.04 Å². The summed E-state index contributed by atoms with van der Waals surface area (Å²) in [7, 11) is 1.65. The predicted octanol–water partition coefficient (Wildman–Crippen LogP) is 1.99. The minimum absolute atomic E-state index is 0.0530. The van der Waals surface area contributed by atoms with Crippen LogP contribution >= 0.6 is 0 Å². The van der Waals surface area contributed by atoms with Crippen LogP contribution < -0.4 is 20.4 Å². The number of amides is 2. The summed E-state index contributed by atoms with van der Waals surface area (Å²) in [6, 6.07) is 7.94. The molecule has 4 heterocycles. The van der Waals surface area contributed by atoms with Gasteiger partial charge in [0.05, 0.1) is 5.69 Å². The summed E-state index contributed by atoms with van der Waals surface area (Å²) in [4.78, 5) is 35.9. The molecule has 2 saturated heterocycles. The first kappa shape index (κ1) is 20.8. The van der Waals surface area contributed by atoms with Crippen molar-refractivity contribution in [2.75, 3.05) is 54.9 Å². The molecule has 0 bridgehead atoms. The van der Waals surface area contributed by atoms with Crippen LogP contribution in [-0.4, -0.2) is 67.5 Å². The summed E-state index contributed by atoms with van der Waals surface area (Å²) >= 11 is 0. The minimum Gasteiger partial charge on any atom is -0.369 e. The zero-order valence-corrected chi connectivity index (χ0v) is 18.7. The van der Waals surface area contributed by atoms with Gasteiger partial charge in [-0.15, -0.1) is 0 Å². The number of piperazine rings is 1. The van der Waals surface area contributed by atoms with Gasteiger partial charge in [-0.2, -0.15) is 0 Å². The normalized spacial score (nSPS) is 20.6. The van der Waals surface area contributed by atoms with Gasteiger partial charge < -0.3 is 20.4 Å². The molecule has 0 aliphatic carbocycles. The van der Waals surface area contributed by atoms with Crippen LogP contribution in [0.15, 0.2) is 30.5 Å². The molecule has 2 fully saturated rings. The molecule has 5 rings (SSSR count). The lowest BCUT2D eigenvalue weighted by Gasteiger charge is -2.37. The number of aromatic nitrogens is 1. The zero-order valence-electron chi connectivity index (χ0n) is 18.7. The SMILES string of the molecule is CNC(=O)c1ccc(N2CCN(Cc3cnc4c(c3)NC(=O)[C@@H]3CCCN43)CC2)c(C)c1. The fraction of sp³-hybridized carbons (Fsp3) is 0.458. The van der Waals surface area contributed by atoms with Crippen molar-refractivity contribution in [3.8, 4) is 0 Å². The molecule has 2 aromatic rings. The van der Waals surface area contributed by atoms with E-state index in [2.05, 4.69) is 44.4 Å². The monoisotopic (exact) mass is 434 g/mol. The lowest BCUT2D eigenvalue weighted by atomic mass is 10.1. The molecule has 2 amide bonds. The molecule has 32 heavy (non-hydrogen) atoms. The van der Waals surface area contributed by atoms with Crippen molar-refractivity contribution in [3.05, 3.63) is 47.2 Å². The molecule has 3 aliphatic heterocycles. The summed E-state index contributed by atoms with van der Waals surface area (Å²) in [5.74, 6) is 0.955. The van der Waals surface area contributed by atoms with Gasteiger partial charge in [0, 0.05) is 63.8 Å². The number of hydrogen-bond donors (Lipinski definition) is 2. The fourth-order valence-corrected chi connectivity index (χ4v) is 5.12. The van der Waals surface area contributed by atoms with Gasteiger partial charge in [0.25, 0.3) is 5.91 Å². The Morgan fingerprint density at radius 2 is 2.00 bits per heavy atom. The highest BCUT2D eigenvalue weighted by Crippen LogP contribution is 2.35. The van der Waals surface area contributed by atoms with E-state index in [1.54, 1.807) is 7.05 Å². The summed E-state index contributed by atoms with van der Waals surface area (Å²) < 4.78 is 0. The summed E-state index contributed by atoms with van der Waals surface area (Å²) in [6.45, 7) is 7.56. The lowest BCUT2D eigenvalue weighted by molar-refractivity contribution is -0.117. The highest BCUT2D eigenvalue weighted by Gasteiger charge is 2.37. The Hall–Kier alpha value is -3.13. The maximum Gasteiger partial charge on any atom is 0.251 e. The van der Waals surface area contributed by atoms with E-state index in [0.29, 0.717) is 5.56 Å². The summed E-state index contributed by atoms with van der Waals surface area (Å²) in [5.41, 5.74) is 4.97. The molecule has 0 saturated carbocycles. The molecule has 168 valence electrons. The van der Waals surface area contributed by atoms with E-state index in [1.807, 2.05) is 18.3 Å². The number of nitrogens with zero attached hydrogens (tertiary/aromatic N) is 4. The number of aryl methyl sites for hydroxylation is 1. The van der Waals surface area contributed by atoms with Crippen molar-refractivity contribution in [2.24, 2.45) is 0 Å². The quantitative estimate of drug-likeness (QED) is 0.766. The van der Waals surface area contributed by atoms with Crippen LogP contribution in [0.4, 0.5) is 17.2 Å². The van der Waals surface area contributed by atoms with Crippen LogP contribution in [0.2, 0.25) is 0 Å². The van der Waals surface area contributed by atoms with E-state index in [-0.39, 0.29) is 17.9 Å². The summed E-state index contributed by atoms with van der Waals surface area (Å²) in [6.07, 6.45) is 3.91. The molecular formula is C24H30N6O2. The Labute approximate surface area is 188 Å². The number of carbonyl (C=O) groups excluding carboxylic acids is 2. The molecule has 0 radical (unpaired) electrons. The van der Waals surface area contributed by atoms with E-state index in [9.17, 15) is 9.59 Å². The number of fused-ring (bicyclic) bond motifs is 3. The zero-order chi connectivity index (χ0) is 22.2. The van der Waals surface area contributed by atoms with Crippen molar-refractivity contribution in [3.63, 3.8) is 0 Å². The largest absolute Gasteiger partial charge is 0.369 e. The first-order valence-corrected chi connectivity index (χ1v) is 11.4. The molecule has 1 aromatic heterocycles. The second-order valence-corrected chi connectivity index (χ2v) is 8.90. The Morgan fingerprint density at radius 1 is 1.19 bits per heavy atom. The van der Waals surface area contributed by atoms with Crippen LogP contribution in [0, 0.1) is 6.92 Å². The molecule has 8 heteroatoms. The average Bonchev–Trinajstić information content (AvgIpc) is 3.30. The van der Waals surface area contributed by atoms with Crippen molar-refractivity contribution in [2.45, 2.75) is 32.4 Å². The van der Waals surface area contributed by atoms with Crippen LogP contribution in [0.1, 0.15) is 34.3 Å². The molecule has 2 N–H and O–H groups in total. The van der Waals surface area contributed by atoms with Gasteiger partial charge in [-0.3, -0.25) is 14.5 Å². The smallest absolute Gasteiger partial charge is 0.251 e. The number of nitrogens with one attached hydrogen (secondary N) is 2. The Bertz CT molecular complexity index is 1050. The van der Waals surface area contributed by atoms with Gasteiger partial charge in [-0.05, 0) is 55.2 Å². The van der Waals surface area contributed by atoms with E-state index >= 15 is 0 Å². The third-order valence-electron chi connectivity index (χ3n) is 6.81. The fourth-order valence-electron chi connectivity index (χ4n) is 5.12.